The van der Waals surface area contributed by atoms with E-state index in [0.717, 1.165) is 36.9 Å². The van der Waals surface area contributed by atoms with Crippen LogP contribution in [0.5, 0.6) is 0 Å². The summed E-state index contributed by atoms with van der Waals surface area (Å²) in [5.41, 5.74) is 1.62. The standard InChI is InChI=1S/C16H19N3O/c1-19-12-14(17-18-19)11-15(20)16(9-5-6-10-16)13-7-3-2-4-8-13/h2-4,7-8,12H,5-6,9-11H2,1H3. The predicted molar refractivity (Wildman–Crippen MR) is 76.3 cm³/mol. The highest BCUT2D eigenvalue weighted by Gasteiger charge is 2.42. The van der Waals surface area contributed by atoms with E-state index in [4.69, 9.17) is 0 Å². The number of rotatable bonds is 4. The summed E-state index contributed by atoms with van der Waals surface area (Å²) in [7, 11) is 1.82. The zero-order valence-corrected chi connectivity index (χ0v) is 11.7. The molecule has 1 aromatic carbocycles. The van der Waals surface area contributed by atoms with Gasteiger partial charge in [-0.05, 0) is 18.4 Å². The Bertz CT molecular complexity index is 597. The Kier molecular flexibility index (Phi) is 3.38. The quantitative estimate of drug-likeness (QED) is 0.856. The summed E-state index contributed by atoms with van der Waals surface area (Å²) in [5, 5.41) is 7.95. The van der Waals surface area contributed by atoms with E-state index in [0.29, 0.717) is 6.42 Å². The molecule has 2 aromatic rings. The van der Waals surface area contributed by atoms with Gasteiger partial charge in [0.2, 0.25) is 0 Å². The Labute approximate surface area is 118 Å². The summed E-state index contributed by atoms with van der Waals surface area (Å²) >= 11 is 0. The van der Waals surface area contributed by atoms with Crippen LogP contribution >= 0.6 is 0 Å². The molecule has 4 heteroatoms. The molecule has 0 unspecified atom stereocenters. The highest BCUT2D eigenvalue weighted by atomic mass is 16.1. The molecule has 1 aliphatic carbocycles. The zero-order valence-electron chi connectivity index (χ0n) is 11.7. The monoisotopic (exact) mass is 269 g/mol. The van der Waals surface area contributed by atoms with Crippen LogP contribution in [0.2, 0.25) is 0 Å². The fraction of sp³-hybridized carbons (Fsp3) is 0.438. The maximum atomic E-state index is 12.9. The zero-order chi connectivity index (χ0) is 14.0. The third-order valence-corrected chi connectivity index (χ3v) is 4.31. The predicted octanol–water partition coefficient (Wildman–Crippen LogP) is 2.44. The largest absolute Gasteiger partial charge is 0.298 e. The number of hydrogen-bond acceptors (Lipinski definition) is 3. The SMILES string of the molecule is Cn1cc(CC(=O)C2(c3ccccc3)CCCC2)nn1. The number of carbonyl (C=O) groups excluding carboxylic acids is 1. The van der Waals surface area contributed by atoms with Crippen LogP contribution in [0, 0.1) is 0 Å². The Balaban J connectivity index is 1.89. The molecule has 0 radical (unpaired) electrons. The van der Waals surface area contributed by atoms with Gasteiger partial charge in [0.15, 0.2) is 0 Å². The van der Waals surface area contributed by atoms with Gasteiger partial charge in [0.25, 0.3) is 0 Å². The molecular weight excluding hydrogens is 250 g/mol. The van der Waals surface area contributed by atoms with Gasteiger partial charge in [0, 0.05) is 13.2 Å². The molecule has 0 aliphatic heterocycles. The van der Waals surface area contributed by atoms with Crippen LogP contribution in [0.3, 0.4) is 0 Å². The summed E-state index contributed by atoms with van der Waals surface area (Å²) in [5.74, 6) is 0.279. The molecular formula is C16H19N3O. The van der Waals surface area contributed by atoms with Crippen LogP contribution in [0.25, 0.3) is 0 Å². The van der Waals surface area contributed by atoms with Crippen LogP contribution < -0.4 is 0 Å². The number of nitrogens with zero attached hydrogens (tertiary/aromatic N) is 3. The normalized spacial score (nSPS) is 17.2. The van der Waals surface area contributed by atoms with Crippen LogP contribution in [-0.2, 0) is 23.7 Å². The molecule has 0 amide bonds. The van der Waals surface area contributed by atoms with E-state index < -0.39 is 0 Å². The molecule has 1 aliphatic rings. The molecule has 3 rings (SSSR count). The lowest BCUT2D eigenvalue weighted by molar-refractivity contribution is -0.123. The van der Waals surface area contributed by atoms with Crippen molar-refractivity contribution in [2.45, 2.75) is 37.5 Å². The molecule has 104 valence electrons. The minimum Gasteiger partial charge on any atom is -0.298 e. The van der Waals surface area contributed by atoms with E-state index in [1.54, 1.807) is 4.68 Å². The van der Waals surface area contributed by atoms with E-state index in [1.165, 1.54) is 0 Å². The van der Waals surface area contributed by atoms with Gasteiger partial charge in [0.1, 0.15) is 5.78 Å². The summed E-state index contributed by atoms with van der Waals surface area (Å²) in [6.45, 7) is 0. The molecule has 4 nitrogen and oxygen atoms in total. The fourth-order valence-corrected chi connectivity index (χ4v) is 3.27. The molecule has 1 aromatic heterocycles. The van der Waals surface area contributed by atoms with E-state index in [-0.39, 0.29) is 11.2 Å². The molecule has 0 atom stereocenters. The summed E-state index contributed by atoms with van der Waals surface area (Å²) in [4.78, 5) is 12.9. The lowest BCUT2D eigenvalue weighted by atomic mass is 9.74. The number of aryl methyl sites for hydroxylation is 1. The molecule has 0 bridgehead atoms. The second kappa shape index (κ2) is 5.19. The third kappa shape index (κ3) is 2.26. The van der Waals surface area contributed by atoms with Gasteiger partial charge in [-0.2, -0.15) is 0 Å². The van der Waals surface area contributed by atoms with Crippen LogP contribution in [-0.4, -0.2) is 20.8 Å². The van der Waals surface area contributed by atoms with Gasteiger partial charge in [0.05, 0.1) is 17.5 Å². The Hall–Kier alpha value is -1.97. The van der Waals surface area contributed by atoms with E-state index in [2.05, 4.69) is 22.4 Å². The first kappa shape index (κ1) is 13.0. The number of aromatic nitrogens is 3. The van der Waals surface area contributed by atoms with Crippen molar-refractivity contribution in [3.63, 3.8) is 0 Å². The van der Waals surface area contributed by atoms with Crippen LogP contribution in [0.15, 0.2) is 36.5 Å². The number of benzene rings is 1. The van der Waals surface area contributed by atoms with Gasteiger partial charge in [-0.1, -0.05) is 48.4 Å². The number of Topliss-reactive ketones (excluding diaryl/α,β-unsaturated/α-hetero) is 1. The molecule has 0 saturated heterocycles. The molecule has 0 spiro atoms. The first-order chi connectivity index (χ1) is 9.71. The second-order valence-corrected chi connectivity index (χ2v) is 5.64. The summed E-state index contributed by atoms with van der Waals surface area (Å²) < 4.78 is 1.65. The van der Waals surface area contributed by atoms with E-state index in [9.17, 15) is 4.79 Å². The first-order valence-corrected chi connectivity index (χ1v) is 7.15. The fourth-order valence-electron chi connectivity index (χ4n) is 3.27. The lowest BCUT2D eigenvalue weighted by Gasteiger charge is -2.27. The van der Waals surface area contributed by atoms with Crippen LogP contribution in [0.1, 0.15) is 36.9 Å². The number of hydrogen-bond donors (Lipinski definition) is 0. The molecule has 1 saturated carbocycles. The van der Waals surface area contributed by atoms with Crippen molar-refractivity contribution >= 4 is 5.78 Å². The molecule has 0 N–H and O–H groups in total. The van der Waals surface area contributed by atoms with Gasteiger partial charge in [-0.3, -0.25) is 9.48 Å². The minimum atomic E-state index is -0.307. The van der Waals surface area contributed by atoms with Crippen molar-refractivity contribution in [2.24, 2.45) is 7.05 Å². The molecule has 20 heavy (non-hydrogen) atoms. The maximum Gasteiger partial charge on any atom is 0.149 e. The molecule has 1 heterocycles. The van der Waals surface area contributed by atoms with E-state index in [1.807, 2.05) is 31.4 Å². The number of ketones is 1. The smallest absolute Gasteiger partial charge is 0.149 e. The summed E-state index contributed by atoms with van der Waals surface area (Å²) in [6, 6.07) is 10.2. The Morgan fingerprint density at radius 1 is 1.25 bits per heavy atom. The van der Waals surface area contributed by atoms with Crippen molar-refractivity contribution in [2.75, 3.05) is 0 Å². The van der Waals surface area contributed by atoms with Gasteiger partial charge >= 0.3 is 0 Å². The average Bonchev–Trinajstić information content (AvgIpc) is 3.10. The topological polar surface area (TPSA) is 47.8 Å². The minimum absolute atomic E-state index is 0.279. The van der Waals surface area contributed by atoms with Crippen molar-refractivity contribution in [3.05, 3.63) is 47.8 Å². The van der Waals surface area contributed by atoms with Gasteiger partial charge in [-0.15, -0.1) is 5.10 Å². The van der Waals surface area contributed by atoms with Crippen LogP contribution in [0.4, 0.5) is 0 Å². The number of carbonyl (C=O) groups is 1. The van der Waals surface area contributed by atoms with Crippen molar-refractivity contribution in [1.29, 1.82) is 0 Å². The Morgan fingerprint density at radius 3 is 2.55 bits per heavy atom. The second-order valence-electron chi connectivity index (χ2n) is 5.64. The first-order valence-electron chi connectivity index (χ1n) is 7.15. The summed E-state index contributed by atoms with van der Waals surface area (Å²) in [6.07, 6.45) is 6.36. The average molecular weight is 269 g/mol. The van der Waals surface area contributed by atoms with Crippen molar-refractivity contribution in [3.8, 4) is 0 Å². The Morgan fingerprint density at radius 2 is 1.95 bits per heavy atom. The highest BCUT2D eigenvalue weighted by molar-refractivity contribution is 5.91. The van der Waals surface area contributed by atoms with Crippen molar-refractivity contribution in [1.82, 2.24) is 15.0 Å². The maximum absolute atomic E-state index is 12.9. The van der Waals surface area contributed by atoms with Gasteiger partial charge in [-0.25, -0.2) is 0 Å². The van der Waals surface area contributed by atoms with Gasteiger partial charge < -0.3 is 0 Å². The highest BCUT2D eigenvalue weighted by Crippen LogP contribution is 2.42. The van der Waals surface area contributed by atoms with Crippen molar-refractivity contribution < 1.29 is 4.79 Å². The van der Waals surface area contributed by atoms with E-state index >= 15 is 0 Å². The molecule has 1 fully saturated rings. The third-order valence-electron chi connectivity index (χ3n) is 4.31. The lowest BCUT2D eigenvalue weighted by Crippen LogP contribution is -2.34.